The summed E-state index contributed by atoms with van der Waals surface area (Å²) >= 11 is 0. The van der Waals surface area contributed by atoms with Crippen LogP contribution in [-0.2, 0) is 9.53 Å². The molecule has 1 aliphatic heterocycles. The van der Waals surface area contributed by atoms with E-state index in [-0.39, 0.29) is 5.92 Å². The van der Waals surface area contributed by atoms with Crippen LogP contribution in [0.2, 0.25) is 0 Å². The van der Waals surface area contributed by atoms with Crippen LogP contribution in [0.25, 0.3) is 6.08 Å². The van der Waals surface area contributed by atoms with Gasteiger partial charge in [0.2, 0.25) is 0 Å². The number of amides is 1. The van der Waals surface area contributed by atoms with Crippen LogP contribution in [0.5, 0.6) is 0 Å². The zero-order chi connectivity index (χ0) is 17.7. The first-order valence-electron chi connectivity index (χ1n) is 8.18. The molecule has 1 aromatic carbocycles. The van der Waals surface area contributed by atoms with Gasteiger partial charge < -0.3 is 14.6 Å². The van der Waals surface area contributed by atoms with Crippen molar-refractivity contribution < 1.29 is 19.4 Å². The normalized spacial score (nSPS) is 21.2. The summed E-state index contributed by atoms with van der Waals surface area (Å²) in [6.45, 7) is 5.64. The van der Waals surface area contributed by atoms with Crippen molar-refractivity contribution in [3.63, 3.8) is 0 Å². The van der Waals surface area contributed by atoms with Gasteiger partial charge in [-0.25, -0.2) is 4.79 Å². The number of carboxylic acid groups (broad SMARTS) is 1. The van der Waals surface area contributed by atoms with Gasteiger partial charge in [0.15, 0.2) is 0 Å². The van der Waals surface area contributed by atoms with E-state index < -0.39 is 23.7 Å². The lowest BCUT2D eigenvalue weighted by Crippen LogP contribution is -2.48. The maximum absolute atomic E-state index is 12.2. The number of hydrogen-bond acceptors (Lipinski definition) is 4. The van der Waals surface area contributed by atoms with Crippen molar-refractivity contribution in [1.82, 2.24) is 4.90 Å². The Morgan fingerprint density at radius 3 is 2.54 bits per heavy atom. The molecule has 0 spiro atoms. The molecule has 0 unspecified atom stereocenters. The lowest BCUT2D eigenvalue weighted by Gasteiger charge is -2.28. The van der Waals surface area contributed by atoms with E-state index in [2.05, 4.69) is 0 Å². The van der Waals surface area contributed by atoms with E-state index in [1.165, 1.54) is 4.90 Å². The van der Waals surface area contributed by atoms with Gasteiger partial charge in [0.1, 0.15) is 5.60 Å². The van der Waals surface area contributed by atoms with Gasteiger partial charge in [-0.1, -0.05) is 42.5 Å². The Kier molecular flexibility index (Phi) is 5.65. The van der Waals surface area contributed by atoms with Crippen LogP contribution in [-0.4, -0.2) is 35.2 Å². The van der Waals surface area contributed by atoms with Crippen molar-refractivity contribution in [1.29, 1.82) is 0 Å². The average molecular weight is 330 g/mol. The van der Waals surface area contributed by atoms with Crippen molar-refractivity contribution in [2.45, 2.75) is 45.3 Å². The molecule has 1 aromatic rings. The third-order valence-corrected chi connectivity index (χ3v) is 3.87. The molecule has 0 radical (unpaired) electrons. The fraction of sp³-hybridized carbons (Fsp3) is 0.474. The SMILES string of the molecule is CC(C)(C)OC(=O)N1C[C@H](C/C=C/c2ccccc2)C[C@H]1C(=O)[O-]. The van der Waals surface area contributed by atoms with Crippen LogP contribution in [0.1, 0.15) is 39.2 Å². The second kappa shape index (κ2) is 7.51. The van der Waals surface area contributed by atoms with E-state index in [4.69, 9.17) is 4.74 Å². The predicted octanol–water partition coefficient (Wildman–Crippen LogP) is 2.47. The number of hydrogen-bond donors (Lipinski definition) is 0. The van der Waals surface area contributed by atoms with Crippen molar-refractivity contribution in [2.24, 2.45) is 5.92 Å². The second-order valence-electron chi connectivity index (χ2n) is 7.12. The molecular weight excluding hydrogens is 306 g/mol. The van der Waals surface area contributed by atoms with Crippen molar-refractivity contribution in [3.8, 4) is 0 Å². The molecule has 0 saturated carbocycles. The monoisotopic (exact) mass is 330 g/mol. The average Bonchev–Trinajstić information content (AvgIpc) is 2.91. The molecule has 1 saturated heterocycles. The molecule has 1 amide bonds. The molecule has 130 valence electrons. The molecule has 0 aromatic heterocycles. The standard InChI is InChI=1S/C19H25NO4/c1-19(2,3)24-18(23)20-13-15(12-16(20)17(21)22)11-7-10-14-8-5-4-6-9-14/h4-10,15-16H,11-13H2,1-3H3,(H,21,22)/p-1/b10-7+/t15-,16+/m1/s1. The third-order valence-electron chi connectivity index (χ3n) is 3.87. The van der Waals surface area contributed by atoms with Gasteiger partial charge in [-0.3, -0.25) is 4.90 Å². The summed E-state index contributed by atoms with van der Waals surface area (Å²) < 4.78 is 5.30. The molecule has 0 N–H and O–H groups in total. The first kappa shape index (κ1) is 18.0. The Labute approximate surface area is 142 Å². The van der Waals surface area contributed by atoms with Gasteiger partial charge in [-0.15, -0.1) is 0 Å². The number of likely N-dealkylation sites (tertiary alicyclic amines) is 1. The minimum atomic E-state index is -1.23. The first-order valence-corrected chi connectivity index (χ1v) is 8.18. The minimum absolute atomic E-state index is 0.0837. The number of aliphatic carboxylic acids is 1. The molecular formula is C19H24NO4-. The summed E-state index contributed by atoms with van der Waals surface area (Å²) in [5.41, 5.74) is 0.440. The number of benzene rings is 1. The molecule has 1 fully saturated rings. The molecule has 2 rings (SSSR count). The summed E-state index contributed by atoms with van der Waals surface area (Å²) in [5.74, 6) is -1.14. The Hall–Kier alpha value is -2.30. The Morgan fingerprint density at radius 2 is 1.96 bits per heavy atom. The topological polar surface area (TPSA) is 69.7 Å². The van der Waals surface area contributed by atoms with Gasteiger partial charge >= 0.3 is 6.09 Å². The lowest BCUT2D eigenvalue weighted by atomic mass is 10.0. The van der Waals surface area contributed by atoms with Gasteiger partial charge in [-0.05, 0) is 45.1 Å². The van der Waals surface area contributed by atoms with Crippen LogP contribution in [0, 0.1) is 5.92 Å². The minimum Gasteiger partial charge on any atom is -0.548 e. The number of rotatable bonds is 4. The van der Waals surface area contributed by atoms with Crippen LogP contribution in [0.3, 0.4) is 0 Å². The highest BCUT2D eigenvalue weighted by molar-refractivity contribution is 5.79. The Balaban J connectivity index is 1.98. The van der Waals surface area contributed by atoms with Crippen molar-refractivity contribution in [2.75, 3.05) is 6.54 Å². The molecule has 5 heteroatoms. The third kappa shape index (κ3) is 5.11. The predicted molar refractivity (Wildman–Crippen MR) is 89.9 cm³/mol. The van der Waals surface area contributed by atoms with Gasteiger partial charge in [0, 0.05) is 6.54 Å². The highest BCUT2D eigenvalue weighted by Crippen LogP contribution is 2.28. The molecule has 1 heterocycles. The Bertz CT molecular complexity index is 604. The van der Waals surface area contributed by atoms with E-state index in [0.29, 0.717) is 19.4 Å². The lowest BCUT2D eigenvalue weighted by molar-refractivity contribution is -0.310. The highest BCUT2D eigenvalue weighted by atomic mass is 16.6. The van der Waals surface area contributed by atoms with Crippen LogP contribution < -0.4 is 5.11 Å². The van der Waals surface area contributed by atoms with E-state index >= 15 is 0 Å². The molecule has 24 heavy (non-hydrogen) atoms. The largest absolute Gasteiger partial charge is 0.548 e. The smallest absolute Gasteiger partial charge is 0.410 e. The first-order chi connectivity index (χ1) is 11.3. The maximum Gasteiger partial charge on any atom is 0.410 e. The van der Waals surface area contributed by atoms with Crippen LogP contribution >= 0.6 is 0 Å². The van der Waals surface area contributed by atoms with Crippen LogP contribution in [0.4, 0.5) is 4.79 Å². The number of allylic oxidation sites excluding steroid dienone is 1. The van der Waals surface area contributed by atoms with Gasteiger partial charge in [0.25, 0.3) is 0 Å². The zero-order valence-electron chi connectivity index (χ0n) is 14.4. The molecule has 0 bridgehead atoms. The highest BCUT2D eigenvalue weighted by Gasteiger charge is 2.37. The molecule has 0 aliphatic carbocycles. The van der Waals surface area contributed by atoms with E-state index in [1.54, 1.807) is 20.8 Å². The zero-order valence-corrected chi connectivity index (χ0v) is 14.4. The van der Waals surface area contributed by atoms with Crippen molar-refractivity contribution in [3.05, 3.63) is 42.0 Å². The summed E-state index contributed by atoms with van der Waals surface area (Å²) in [6, 6.07) is 8.97. The summed E-state index contributed by atoms with van der Waals surface area (Å²) in [4.78, 5) is 24.8. The number of carboxylic acids is 1. The molecule has 5 nitrogen and oxygen atoms in total. The van der Waals surface area contributed by atoms with Gasteiger partial charge in [-0.2, -0.15) is 0 Å². The van der Waals surface area contributed by atoms with Gasteiger partial charge in [0.05, 0.1) is 12.0 Å². The summed E-state index contributed by atoms with van der Waals surface area (Å²) in [5, 5.41) is 11.3. The van der Waals surface area contributed by atoms with Crippen LogP contribution in [0.15, 0.2) is 36.4 Å². The molecule has 2 atom stereocenters. The maximum atomic E-state index is 12.2. The summed E-state index contributed by atoms with van der Waals surface area (Å²) in [7, 11) is 0. The van der Waals surface area contributed by atoms with E-state index in [1.807, 2.05) is 42.5 Å². The quantitative estimate of drug-likeness (QED) is 0.850. The fourth-order valence-electron chi connectivity index (χ4n) is 2.80. The van der Waals surface area contributed by atoms with E-state index in [0.717, 1.165) is 5.56 Å². The fourth-order valence-corrected chi connectivity index (χ4v) is 2.80. The number of carbonyl (C=O) groups excluding carboxylic acids is 2. The Morgan fingerprint density at radius 1 is 1.29 bits per heavy atom. The number of ether oxygens (including phenoxy) is 1. The number of nitrogens with zero attached hydrogens (tertiary/aromatic N) is 1. The van der Waals surface area contributed by atoms with E-state index in [9.17, 15) is 14.7 Å². The second-order valence-corrected chi connectivity index (χ2v) is 7.12. The molecule has 1 aliphatic rings. The number of carbonyl (C=O) groups is 2. The van der Waals surface area contributed by atoms with Crippen molar-refractivity contribution >= 4 is 18.1 Å². The summed E-state index contributed by atoms with van der Waals surface area (Å²) in [6.07, 6.45) is 4.53.